The highest BCUT2D eigenvalue weighted by atomic mass is 32.2. The van der Waals surface area contributed by atoms with Crippen LogP contribution in [0.3, 0.4) is 0 Å². The number of piperazine rings is 1. The third-order valence-electron chi connectivity index (χ3n) is 4.47. The smallest absolute Gasteiger partial charge is 0.243 e. The van der Waals surface area contributed by atoms with Crippen LogP contribution in [-0.2, 0) is 10.0 Å². The van der Waals surface area contributed by atoms with Crippen molar-refractivity contribution in [2.24, 2.45) is 0 Å². The lowest BCUT2D eigenvalue weighted by molar-refractivity contribution is 0.174. The van der Waals surface area contributed by atoms with Crippen LogP contribution in [0.15, 0.2) is 41.3 Å². The van der Waals surface area contributed by atoms with Crippen molar-refractivity contribution >= 4 is 15.7 Å². The number of hydrogen-bond donors (Lipinski definition) is 0. The van der Waals surface area contributed by atoms with Crippen molar-refractivity contribution in [2.45, 2.75) is 4.90 Å². The van der Waals surface area contributed by atoms with E-state index in [-0.39, 0.29) is 30.5 Å². The van der Waals surface area contributed by atoms with Crippen LogP contribution in [0.25, 0.3) is 0 Å². The number of rotatable bonds is 3. The molecule has 2 aliphatic heterocycles. The van der Waals surface area contributed by atoms with Gasteiger partial charge < -0.3 is 14.4 Å². The van der Waals surface area contributed by atoms with E-state index < -0.39 is 21.7 Å². The van der Waals surface area contributed by atoms with Gasteiger partial charge in [-0.15, -0.1) is 0 Å². The van der Waals surface area contributed by atoms with Crippen molar-refractivity contribution < 1.29 is 26.7 Å². The first kappa shape index (κ1) is 17.0. The number of benzene rings is 2. The van der Waals surface area contributed by atoms with Gasteiger partial charge in [-0.25, -0.2) is 17.2 Å². The molecule has 0 aromatic heterocycles. The van der Waals surface area contributed by atoms with Crippen LogP contribution in [0.2, 0.25) is 0 Å². The Hall–Kier alpha value is -2.39. The average Bonchev–Trinajstić information content (AvgIpc) is 3.09. The monoisotopic (exact) mass is 382 g/mol. The molecule has 0 aliphatic carbocycles. The lowest BCUT2D eigenvalue weighted by Gasteiger charge is -2.35. The molecule has 1 fully saturated rings. The van der Waals surface area contributed by atoms with Crippen molar-refractivity contribution in [1.29, 1.82) is 0 Å². The zero-order chi connectivity index (χ0) is 18.3. The Morgan fingerprint density at radius 3 is 2.35 bits per heavy atom. The summed E-state index contributed by atoms with van der Waals surface area (Å²) >= 11 is 0. The first-order valence-corrected chi connectivity index (χ1v) is 9.49. The molecule has 1 saturated heterocycles. The summed E-state index contributed by atoms with van der Waals surface area (Å²) in [5.74, 6) is -0.383. The minimum absolute atomic E-state index is 0.0702. The van der Waals surface area contributed by atoms with Crippen molar-refractivity contribution in [3.8, 4) is 11.5 Å². The molecule has 2 aromatic carbocycles. The van der Waals surface area contributed by atoms with Gasteiger partial charge in [-0.1, -0.05) is 0 Å². The molecule has 138 valence electrons. The van der Waals surface area contributed by atoms with Gasteiger partial charge in [0.2, 0.25) is 16.8 Å². The molecule has 2 aliphatic rings. The molecule has 0 unspecified atom stereocenters. The fourth-order valence-electron chi connectivity index (χ4n) is 3.09. The third kappa shape index (κ3) is 2.97. The molecule has 4 rings (SSSR count). The quantitative estimate of drug-likeness (QED) is 0.815. The van der Waals surface area contributed by atoms with E-state index in [1.165, 1.54) is 28.6 Å². The predicted molar refractivity (Wildman–Crippen MR) is 89.9 cm³/mol. The second-order valence-electron chi connectivity index (χ2n) is 6.00. The topological polar surface area (TPSA) is 59.1 Å². The van der Waals surface area contributed by atoms with E-state index in [1.807, 2.05) is 0 Å². The first-order valence-electron chi connectivity index (χ1n) is 8.05. The van der Waals surface area contributed by atoms with Gasteiger partial charge in [0.15, 0.2) is 11.5 Å². The van der Waals surface area contributed by atoms with Crippen LogP contribution >= 0.6 is 0 Å². The maximum absolute atomic E-state index is 13.9. The number of nitrogens with zero attached hydrogens (tertiary/aromatic N) is 2. The summed E-state index contributed by atoms with van der Waals surface area (Å²) in [6.45, 7) is 1.10. The van der Waals surface area contributed by atoms with Crippen LogP contribution in [0.5, 0.6) is 11.5 Å². The standard InChI is InChI=1S/C17H16F2N2O4S/c18-12-1-3-15(14(19)9-12)20-5-7-21(8-6-20)26(22,23)13-2-4-16-17(10-13)25-11-24-16/h1-4,9-10H,5-8,11H2. The van der Waals surface area contributed by atoms with Crippen molar-refractivity contribution in [1.82, 2.24) is 4.31 Å². The van der Waals surface area contributed by atoms with E-state index in [9.17, 15) is 17.2 Å². The summed E-state index contributed by atoms with van der Waals surface area (Å²) in [6, 6.07) is 7.88. The Kier molecular flexibility index (Phi) is 4.20. The van der Waals surface area contributed by atoms with Crippen molar-refractivity contribution in [3.63, 3.8) is 0 Å². The van der Waals surface area contributed by atoms with Crippen molar-refractivity contribution in [2.75, 3.05) is 37.9 Å². The van der Waals surface area contributed by atoms with E-state index in [4.69, 9.17) is 9.47 Å². The summed E-state index contributed by atoms with van der Waals surface area (Å²) in [4.78, 5) is 1.84. The van der Waals surface area contributed by atoms with E-state index in [1.54, 1.807) is 11.0 Å². The fourth-order valence-corrected chi connectivity index (χ4v) is 4.53. The van der Waals surface area contributed by atoms with Gasteiger partial charge in [-0.05, 0) is 24.3 Å². The Morgan fingerprint density at radius 1 is 0.885 bits per heavy atom. The largest absolute Gasteiger partial charge is 0.454 e. The van der Waals surface area contributed by atoms with Crippen LogP contribution in [0.1, 0.15) is 0 Å². The molecule has 0 amide bonds. The van der Waals surface area contributed by atoms with Crippen molar-refractivity contribution in [3.05, 3.63) is 48.0 Å². The van der Waals surface area contributed by atoms with Gasteiger partial charge in [-0.3, -0.25) is 0 Å². The molecule has 26 heavy (non-hydrogen) atoms. The van der Waals surface area contributed by atoms with E-state index >= 15 is 0 Å². The van der Waals surface area contributed by atoms with Gasteiger partial charge in [0.1, 0.15) is 11.6 Å². The molecule has 2 aromatic rings. The zero-order valence-corrected chi connectivity index (χ0v) is 14.5. The maximum Gasteiger partial charge on any atom is 0.243 e. The molecule has 6 nitrogen and oxygen atoms in total. The fraction of sp³-hybridized carbons (Fsp3) is 0.294. The van der Waals surface area contributed by atoms with Gasteiger partial charge in [0.25, 0.3) is 0 Å². The minimum atomic E-state index is -3.69. The molecular weight excluding hydrogens is 366 g/mol. The van der Waals surface area contributed by atoms with Crippen LogP contribution < -0.4 is 14.4 Å². The molecule has 0 N–H and O–H groups in total. The minimum Gasteiger partial charge on any atom is -0.454 e. The van der Waals surface area contributed by atoms with Crippen LogP contribution in [0.4, 0.5) is 14.5 Å². The van der Waals surface area contributed by atoms with Gasteiger partial charge in [0.05, 0.1) is 10.6 Å². The SMILES string of the molecule is O=S(=O)(c1ccc2c(c1)OCO2)N1CCN(c2ccc(F)cc2F)CC1. The lowest BCUT2D eigenvalue weighted by Crippen LogP contribution is -2.48. The zero-order valence-electron chi connectivity index (χ0n) is 13.7. The number of halogens is 2. The van der Waals surface area contributed by atoms with Crippen LogP contribution in [-0.4, -0.2) is 45.7 Å². The summed E-state index contributed by atoms with van der Waals surface area (Å²) in [6.07, 6.45) is 0. The Balaban J connectivity index is 1.50. The molecule has 9 heteroatoms. The van der Waals surface area contributed by atoms with Crippen LogP contribution in [0, 0.1) is 11.6 Å². The normalized spacial score (nSPS) is 17.5. The Bertz CT molecular complexity index is 944. The molecule has 0 spiro atoms. The predicted octanol–water partition coefficient (Wildman–Crippen LogP) is 2.20. The van der Waals surface area contributed by atoms with Gasteiger partial charge in [0, 0.05) is 38.3 Å². The Morgan fingerprint density at radius 2 is 1.62 bits per heavy atom. The summed E-state index contributed by atoms with van der Waals surface area (Å²) in [5, 5.41) is 0. The summed E-state index contributed by atoms with van der Waals surface area (Å²) in [5.41, 5.74) is 0.270. The average molecular weight is 382 g/mol. The first-order chi connectivity index (χ1) is 12.4. The molecule has 2 heterocycles. The van der Waals surface area contributed by atoms with E-state index in [0.717, 1.165) is 6.07 Å². The number of fused-ring (bicyclic) bond motifs is 1. The third-order valence-corrected chi connectivity index (χ3v) is 6.37. The maximum atomic E-state index is 13.9. The summed E-state index contributed by atoms with van der Waals surface area (Å²) in [7, 11) is -3.69. The number of ether oxygens (including phenoxy) is 2. The van der Waals surface area contributed by atoms with Gasteiger partial charge in [-0.2, -0.15) is 4.31 Å². The second-order valence-corrected chi connectivity index (χ2v) is 7.94. The number of anilines is 1. The van der Waals surface area contributed by atoms with E-state index in [0.29, 0.717) is 24.6 Å². The molecule has 0 bridgehead atoms. The van der Waals surface area contributed by atoms with E-state index in [2.05, 4.69) is 0 Å². The highest BCUT2D eigenvalue weighted by molar-refractivity contribution is 7.89. The molecule has 0 radical (unpaired) electrons. The second kappa shape index (κ2) is 6.40. The number of hydrogen-bond acceptors (Lipinski definition) is 5. The lowest BCUT2D eigenvalue weighted by atomic mass is 10.2. The molecular formula is C17H16F2N2O4S. The molecule has 0 saturated carbocycles. The van der Waals surface area contributed by atoms with Gasteiger partial charge >= 0.3 is 0 Å². The Labute approximate surface area is 149 Å². The number of sulfonamides is 1. The molecule has 0 atom stereocenters. The highest BCUT2D eigenvalue weighted by Crippen LogP contribution is 2.35. The highest BCUT2D eigenvalue weighted by Gasteiger charge is 2.30. The summed E-state index contributed by atoms with van der Waals surface area (Å²) < 4.78 is 64.4.